The summed E-state index contributed by atoms with van der Waals surface area (Å²) in [5, 5.41) is 10.1. The molecule has 1 aromatic heterocycles. The van der Waals surface area contributed by atoms with Crippen LogP contribution in [0.25, 0.3) is 0 Å². The van der Waals surface area contributed by atoms with Crippen molar-refractivity contribution in [3.05, 3.63) is 53.7 Å². The first-order valence-corrected chi connectivity index (χ1v) is 7.11. The molecule has 1 unspecified atom stereocenters. The van der Waals surface area contributed by atoms with E-state index in [1.807, 2.05) is 24.3 Å². The highest BCUT2D eigenvalue weighted by molar-refractivity contribution is 14.1. The van der Waals surface area contributed by atoms with Crippen LogP contribution in [0.5, 0.6) is 0 Å². The monoisotopic (exact) mass is 384 g/mol. The van der Waals surface area contributed by atoms with Crippen molar-refractivity contribution in [1.29, 1.82) is 0 Å². The molecular formula is C11H7Cl2IOS. The van der Waals surface area contributed by atoms with Gasteiger partial charge in [0, 0.05) is 9.13 Å². The summed E-state index contributed by atoms with van der Waals surface area (Å²) in [5.74, 6) is 0. The maximum atomic E-state index is 10.1. The molecule has 0 fully saturated rings. The third-order valence-electron chi connectivity index (χ3n) is 2.16. The van der Waals surface area contributed by atoms with Gasteiger partial charge in [0.15, 0.2) is 0 Å². The Morgan fingerprint density at radius 1 is 1.19 bits per heavy atom. The summed E-state index contributed by atoms with van der Waals surface area (Å²) in [4.78, 5) is 0. The van der Waals surface area contributed by atoms with Gasteiger partial charge in [-0.15, -0.1) is 11.3 Å². The van der Waals surface area contributed by atoms with Crippen molar-refractivity contribution in [3.63, 3.8) is 0 Å². The molecule has 5 heteroatoms. The Kier molecular flexibility index (Phi) is 4.13. The first-order valence-electron chi connectivity index (χ1n) is 4.46. The molecule has 16 heavy (non-hydrogen) atoms. The number of aliphatic hydroxyl groups is 1. The van der Waals surface area contributed by atoms with Gasteiger partial charge in [-0.3, -0.25) is 0 Å². The van der Waals surface area contributed by atoms with E-state index in [1.54, 1.807) is 6.07 Å². The van der Waals surface area contributed by atoms with Gasteiger partial charge >= 0.3 is 0 Å². The van der Waals surface area contributed by atoms with Crippen LogP contribution < -0.4 is 0 Å². The minimum Gasteiger partial charge on any atom is -0.384 e. The van der Waals surface area contributed by atoms with Crippen LogP contribution in [0, 0.1) is 3.57 Å². The fraction of sp³-hybridized carbons (Fsp3) is 0.0909. The van der Waals surface area contributed by atoms with Crippen molar-refractivity contribution in [3.8, 4) is 0 Å². The summed E-state index contributed by atoms with van der Waals surface area (Å²) in [6.45, 7) is 0. The molecule has 1 heterocycles. The number of hydrogen-bond acceptors (Lipinski definition) is 2. The van der Waals surface area contributed by atoms with E-state index in [4.69, 9.17) is 23.2 Å². The SMILES string of the molecule is OC(c1ccc(I)cc1)c1cc(Cl)sc1Cl. The zero-order valence-electron chi connectivity index (χ0n) is 7.95. The average Bonchev–Trinajstić information content (AvgIpc) is 2.58. The van der Waals surface area contributed by atoms with Crippen molar-refractivity contribution in [2.75, 3.05) is 0 Å². The van der Waals surface area contributed by atoms with Crippen LogP contribution in [0.3, 0.4) is 0 Å². The Labute approximate surface area is 121 Å². The van der Waals surface area contributed by atoms with Crippen LogP contribution in [0.4, 0.5) is 0 Å². The first-order chi connectivity index (χ1) is 7.58. The Morgan fingerprint density at radius 2 is 1.81 bits per heavy atom. The molecule has 0 spiro atoms. The van der Waals surface area contributed by atoms with Gasteiger partial charge in [0.1, 0.15) is 10.4 Å². The Bertz CT molecular complexity index is 495. The van der Waals surface area contributed by atoms with Gasteiger partial charge in [-0.1, -0.05) is 35.3 Å². The lowest BCUT2D eigenvalue weighted by Crippen LogP contribution is -1.98. The molecule has 0 amide bonds. The number of aliphatic hydroxyl groups excluding tert-OH is 1. The largest absolute Gasteiger partial charge is 0.384 e. The molecule has 1 atom stereocenters. The molecule has 2 aromatic rings. The van der Waals surface area contributed by atoms with Crippen molar-refractivity contribution in [2.45, 2.75) is 6.10 Å². The number of thiophene rings is 1. The molecule has 1 aromatic carbocycles. The lowest BCUT2D eigenvalue weighted by molar-refractivity contribution is 0.221. The van der Waals surface area contributed by atoms with E-state index < -0.39 is 6.10 Å². The average molecular weight is 385 g/mol. The predicted molar refractivity (Wildman–Crippen MR) is 77.6 cm³/mol. The molecule has 0 radical (unpaired) electrons. The van der Waals surface area contributed by atoms with Crippen LogP contribution >= 0.6 is 57.1 Å². The zero-order valence-corrected chi connectivity index (χ0v) is 12.4. The lowest BCUT2D eigenvalue weighted by atomic mass is 10.0. The second-order valence-electron chi connectivity index (χ2n) is 3.23. The van der Waals surface area contributed by atoms with E-state index in [1.165, 1.54) is 11.3 Å². The minimum atomic E-state index is -0.715. The molecule has 0 saturated carbocycles. The van der Waals surface area contributed by atoms with Gasteiger partial charge < -0.3 is 5.11 Å². The minimum absolute atomic E-state index is 0.538. The quantitative estimate of drug-likeness (QED) is 0.741. The van der Waals surface area contributed by atoms with Crippen LogP contribution in [0.15, 0.2) is 30.3 Å². The summed E-state index contributed by atoms with van der Waals surface area (Å²) >= 11 is 15.3. The van der Waals surface area contributed by atoms with Gasteiger partial charge in [-0.25, -0.2) is 0 Å². The van der Waals surface area contributed by atoms with Crippen molar-refractivity contribution < 1.29 is 5.11 Å². The molecule has 0 aliphatic rings. The van der Waals surface area contributed by atoms with Crippen LogP contribution in [-0.4, -0.2) is 5.11 Å². The van der Waals surface area contributed by atoms with E-state index in [2.05, 4.69) is 22.6 Å². The second-order valence-corrected chi connectivity index (χ2v) is 6.76. The van der Waals surface area contributed by atoms with Crippen molar-refractivity contribution in [2.24, 2.45) is 0 Å². The standard InChI is InChI=1S/C11H7Cl2IOS/c12-9-5-8(11(13)16-9)10(15)6-1-3-7(14)4-2-6/h1-5,10,15H. The maximum Gasteiger partial charge on any atom is 0.106 e. The molecule has 0 aliphatic carbocycles. The van der Waals surface area contributed by atoms with Gasteiger partial charge in [0.25, 0.3) is 0 Å². The van der Waals surface area contributed by atoms with E-state index in [0.717, 1.165) is 9.13 Å². The van der Waals surface area contributed by atoms with Gasteiger partial charge in [-0.05, 0) is 46.4 Å². The highest BCUT2D eigenvalue weighted by Gasteiger charge is 2.16. The second kappa shape index (κ2) is 5.23. The smallest absolute Gasteiger partial charge is 0.106 e. The Balaban J connectivity index is 2.35. The number of rotatable bonds is 2. The third kappa shape index (κ3) is 2.71. The number of benzene rings is 1. The van der Waals surface area contributed by atoms with Gasteiger partial charge in [-0.2, -0.15) is 0 Å². The highest BCUT2D eigenvalue weighted by Crippen LogP contribution is 2.37. The molecule has 0 bridgehead atoms. The fourth-order valence-corrected chi connectivity index (χ4v) is 3.24. The normalized spacial score (nSPS) is 12.8. The summed E-state index contributed by atoms with van der Waals surface area (Å²) in [5.41, 5.74) is 1.48. The summed E-state index contributed by atoms with van der Waals surface area (Å²) in [7, 11) is 0. The number of halogens is 3. The van der Waals surface area contributed by atoms with Crippen molar-refractivity contribution in [1.82, 2.24) is 0 Å². The molecule has 84 valence electrons. The highest BCUT2D eigenvalue weighted by atomic mass is 127. The number of hydrogen-bond donors (Lipinski definition) is 1. The Morgan fingerprint density at radius 3 is 2.31 bits per heavy atom. The summed E-state index contributed by atoms with van der Waals surface area (Å²) < 4.78 is 2.25. The third-order valence-corrected chi connectivity index (χ3v) is 4.40. The summed E-state index contributed by atoms with van der Waals surface area (Å²) in [6, 6.07) is 9.36. The molecule has 0 aliphatic heterocycles. The van der Waals surface area contributed by atoms with E-state index in [9.17, 15) is 5.11 Å². The fourth-order valence-electron chi connectivity index (χ4n) is 1.36. The summed E-state index contributed by atoms with van der Waals surface area (Å²) in [6.07, 6.45) is -0.715. The van der Waals surface area contributed by atoms with Gasteiger partial charge in [0.2, 0.25) is 0 Å². The molecule has 1 nitrogen and oxygen atoms in total. The molecular weight excluding hydrogens is 378 g/mol. The van der Waals surface area contributed by atoms with Crippen LogP contribution in [0.2, 0.25) is 8.67 Å². The van der Waals surface area contributed by atoms with Gasteiger partial charge in [0.05, 0.1) is 4.34 Å². The lowest BCUT2D eigenvalue weighted by Gasteiger charge is -2.09. The zero-order chi connectivity index (χ0) is 11.7. The Hall–Kier alpha value is 0.190. The van der Waals surface area contributed by atoms with Crippen molar-refractivity contribution >= 4 is 57.1 Å². The molecule has 1 N–H and O–H groups in total. The maximum absolute atomic E-state index is 10.1. The predicted octanol–water partition coefficient (Wildman–Crippen LogP) is 4.74. The van der Waals surface area contributed by atoms with Crippen LogP contribution in [0.1, 0.15) is 17.2 Å². The molecule has 2 rings (SSSR count). The first kappa shape index (κ1) is 12.6. The van der Waals surface area contributed by atoms with E-state index in [0.29, 0.717) is 14.2 Å². The van der Waals surface area contributed by atoms with E-state index in [-0.39, 0.29) is 0 Å². The topological polar surface area (TPSA) is 20.2 Å². The van der Waals surface area contributed by atoms with Crippen LogP contribution in [-0.2, 0) is 0 Å². The molecule has 0 saturated heterocycles. The van der Waals surface area contributed by atoms with E-state index >= 15 is 0 Å².